The second kappa shape index (κ2) is 10.2. The van der Waals surface area contributed by atoms with Crippen LogP contribution in [0.2, 0.25) is 0 Å². The Bertz CT molecular complexity index is 844. The molecular formula is C23H33N3O5. The number of benzene rings is 1. The highest BCUT2D eigenvalue weighted by molar-refractivity contribution is 6.35. The predicted molar refractivity (Wildman–Crippen MR) is 118 cm³/mol. The maximum Gasteiger partial charge on any atom is 0.277 e. The Balaban J connectivity index is 1.97. The molecule has 31 heavy (non-hydrogen) atoms. The topological polar surface area (TPSA) is 71.6 Å². The maximum absolute atomic E-state index is 13.4. The highest BCUT2D eigenvalue weighted by Gasteiger charge is 2.42. The summed E-state index contributed by atoms with van der Waals surface area (Å²) in [5, 5.41) is 0. The first-order valence-corrected chi connectivity index (χ1v) is 10.8. The molecule has 1 saturated heterocycles. The molecule has 0 saturated carbocycles. The van der Waals surface area contributed by atoms with Gasteiger partial charge in [0.15, 0.2) is 11.5 Å². The zero-order valence-corrected chi connectivity index (χ0v) is 19.1. The number of ether oxygens (including phenoxy) is 3. The van der Waals surface area contributed by atoms with Crippen molar-refractivity contribution in [2.75, 3.05) is 60.1 Å². The molecular weight excluding hydrogens is 398 g/mol. The van der Waals surface area contributed by atoms with Gasteiger partial charge in [-0.3, -0.25) is 14.5 Å². The molecule has 1 aromatic carbocycles. The molecule has 0 bridgehead atoms. The average Bonchev–Trinajstić information content (AvgIpc) is 3.03. The van der Waals surface area contributed by atoms with Crippen LogP contribution in [-0.4, -0.2) is 92.7 Å². The van der Waals surface area contributed by atoms with Crippen LogP contribution in [0.25, 0.3) is 5.57 Å². The number of carbonyl (C=O) groups excluding carboxylic acids is 2. The van der Waals surface area contributed by atoms with Crippen molar-refractivity contribution in [2.24, 2.45) is 0 Å². The van der Waals surface area contributed by atoms with Gasteiger partial charge < -0.3 is 24.0 Å². The second-order valence-corrected chi connectivity index (χ2v) is 7.90. The Labute approximate surface area is 184 Å². The standard InChI is InChI=1S/C23H33N3O5/c1-6-24-9-11-25(12-10-24)21-20(17-7-8-18(29-4)19(15-17)30-5)22(27)26(23(21)28)13-14-31-16(2)3/h7-8,15-16H,6,9-14H2,1-5H3. The lowest BCUT2D eigenvalue weighted by Gasteiger charge is -2.36. The van der Waals surface area contributed by atoms with Crippen molar-refractivity contribution in [1.82, 2.24) is 14.7 Å². The Morgan fingerprint density at radius 1 is 0.968 bits per heavy atom. The van der Waals surface area contributed by atoms with Crippen molar-refractivity contribution in [1.29, 1.82) is 0 Å². The first-order valence-electron chi connectivity index (χ1n) is 10.8. The molecule has 8 nitrogen and oxygen atoms in total. The SMILES string of the molecule is CCN1CCN(C2=C(c3ccc(OC)c(OC)c3)C(=O)N(CCOC(C)C)C2=O)CC1. The Kier molecular flexibility index (Phi) is 7.56. The summed E-state index contributed by atoms with van der Waals surface area (Å²) >= 11 is 0. The third kappa shape index (κ3) is 4.85. The normalized spacial score (nSPS) is 17.9. The molecule has 2 aliphatic heterocycles. The van der Waals surface area contributed by atoms with Crippen LogP contribution in [0.3, 0.4) is 0 Å². The minimum atomic E-state index is -0.294. The van der Waals surface area contributed by atoms with Gasteiger partial charge in [0, 0.05) is 26.2 Å². The fourth-order valence-electron chi connectivity index (χ4n) is 3.98. The van der Waals surface area contributed by atoms with Gasteiger partial charge in [-0.1, -0.05) is 13.0 Å². The van der Waals surface area contributed by atoms with Gasteiger partial charge in [0.05, 0.1) is 39.0 Å². The predicted octanol–water partition coefficient (Wildman–Crippen LogP) is 1.85. The minimum Gasteiger partial charge on any atom is -0.493 e. The smallest absolute Gasteiger partial charge is 0.277 e. The highest BCUT2D eigenvalue weighted by atomic mass is 16.5. The summed E-state index contributed by atoms with van der Waals surface area (Å²) in [7, 11) is 3.12. The number of imide groups is 1. The highest BCUT2D eigenvalue weighted by Crippen LogP contribution is 2.36. The van der Waals surface area contributed by atoms with E-state index in [1.54, 1.807) is 32.4 Å². The van der Waals surface area contributed by atoms with E-state index in [1.165, 1.54) is 4.90 Å². The summed E-state index contributed by atoms with van der Waals surface area (Å²) in [6.45, 7) is 10.6. The molecule has 8 heteroatoms. The molecule has 2 aliphatic rings. The number of amides is 2. The van der Waals surface area contributed by atoms with Gasteiger partial charge in [-0.25, -0.2) is 0 Å². The van der Waals surface area contributed by atoms with Crippen molar-refractivity contribution in [3.05, 3.63) is 29.5 Å². The molecule has 1 fully saturated rings. The van der Waals surface area contributed by atoms with Crippen LogP contribution in [0.5, 0.6) is 11.5 Å². The van der Waals surface area contributed by atoms with Crippen LogP contribution in [0.1, 0.15) is 26.3 Å². The van der Waals surface area contributed by atoms with E-state index in [2.05, 4.69) is 11.8 Å². The van der Waals surface area contributed by atoms with Gasteiger partial charge in [-0.2, -0.15) is 0 Å². The molecule has 2 amide bonds. The van der Waals surface area contributed by atoms with Crippen molar-refractivity contribution in [3.8, 4) is 11.5 Å². The summed E-state index contributed by atoms with van der Waals surface area (Å²) < 4.78 is 16.4. The molecule has 0 N–H and O–H groups in total. The van der Waals surface area contributed by atoms with E-state index in [0.717, 1.165) is 19.6 Å². The zero-order valence-electron chi connectivity index (χ0n) is 19.1. The average molecular weight is 432 g/mol. The summed E-state index contributed by atoms with van der Waals surface area (Å²) in [4.78, 5) is 32.5. The van der Waals surface area contributed by atoms with Gasteiger partial charge in [0.25, 0.3) is 11.8 Å². The third-order valence-corrected chi connectivity index (χ3v) is 5.72. The molecule has 1 aromatic rings. The summed E-state index contributed by atoms with van der Waals surface area (Å²) in [5.41, 5.74) is 1.54. The molecule has 0 spiro atoms. The first kappa shape index (κ1) is 23.1. The number of likely N-dealkylation sites (N-methyl/N-ethyl adjacent to an activating group) is 1. The molecule has 0 atom stereocenters. The van der Waals surface area contributed by atoms with Crippen molar-refractivity contribution in [2.45, 2.75) is 26.9 Å². The van der Waals surface area contributed by atoms with E-state index < -0.39 is 0 Å². The van der Waals surface area contributed by atoms with Crippen LogP contribution in [-0.2, 0) is 14.3 Å². The minimum absolute atomic E-state index is 0.0349. The number of piperazine rings is 1. The summed E-state index contributed by atoms with van der Waals surface area (Å²) in [6.07, 6.45) is 0.0349. The van der Waals surface area contributed by atoms with Crippen molar-refractivity contribution in [3.63, 3.8) is 0 Å². The van der Waals surface area contributed by atoms with Gasteiger partial charge in [-0.05, 0) is 38.1 Å². The van der Waals surface area contributed by atoms with Gasteiger partial charge >= 0.3 is 0 Å². The number of rotatable bonds is 9. The van der Waals surface area contributed by atoms with Crippen LogP contribution in [0.15, 0.2) is 23.9 Å². The van der Waals surface area contributed by atoms with E-state index in [4.69, 9.17) is 14.2 Å². The number of hydrogen-bond donors (Lipinski definition) is 0. The molecule has 3 rings (SSSR count). The lowest BCUT2D eigenvalue weighted by molar-refractivity contribution is -0.138. The van der Waals surface area contributed by atoms with E-state index in [9.17, 15) is 9.59 Å². The lowest BCUT2D eigenvalue weighted by atomic mass is 10.0. The summed E-state index contributed by atoms with van der Waals surface area (Å²) in [6, 6.07) is 5.32. The van der Waals surface area contributed by atoms with Crippen LogP contribution in [0.4, 0.5) is 0 Å². The molecule has 0 aromatic heterocycles. The number of methoxy groups -OCH3 is 2. The van der Waals surface area contributed by atoms with Crippen molar-refractivity contribution < 1.29 is 23.8 Å². The number of hydrogen-bond acceptors (Lipinski definition) is 7. The van der Waals surface area contributed by atoms with Crippen molar-refractivity contribution >= 4 is 17.4 Å². The third-order valence-electron chi connectivity index (χ3n) is 5.72. The number of nitrogens with zero attached hydrogens (tertiary/aromatic N) is 3. The van der Waals surface area contributed by atoms with Crippen LogP contribution >= 0.6 is 0 Å². The quantitative estimate of drug-likeness (QED) is 0.553. The Hall–Kier alpha value is -2.58. The van der Waals surface area contributed by atoms with Crippen LogP contribution < -0.4 is 9.47 Å². The van der Waals surface area contributed by atoms with E-state index >= 15 is 0 Å². The van der Waals surface area contributed by atoms with Gasteiger partial charge in [-0.15, -0.1) is 0 Å². The van der Waals surface area contributed by atoms with Gasteiger partial charge in [0.2, 0.25) is 0 Å². The van der Waals surface area contributed by atoms with E-state index in [-0.39, 0.29) is 24.5 Å². The fraction of sp³-hybridized carbons (Fsp3) is 0.565. The van der Waals surface area contributed by atoms with E-state index in [0.29, 0.717) is 48.0 Å². The second-order valence-electron chi connectivity index (χ2n) is 7.90. The van der Waals surface area contributed by atoms with Gasteiger partial charge in [0.1, 0.15) is 5.70 Å². The van der Waals surface area contributed by atoms with Crippen LogP contribution in [0, 0.1) is 0 Å². The summed E-state index contributed by atoms with van der Waals surface area (Å²) in [5.74, 6) is 0.540. The molecule has 0 radical (unpaired) electrons. The maximum atomic E-state index is 13.4. The first-order chi connectivity index (χ1) is 14.9. The zero-order chi connectivity index (χ0) is 22.5. The molecule has 2 heterocycles. The Morgan fingerprint density at radius 3 is 2.23 bits per heavy atom. The molecule has 0 aliphatic carbocycles. The van der Waals surface area contributed by atoms with E-state index in [1.807, 2.05) is 18.7 Å². The largest absolute Gasteiger partial charge is 0.493 e. The molecule has 170 valence electrons. The monoisotopic (exact) mass is 431 g/mol. The fourth-order valence-corrected chi connectivity index (χ4v) is 3.98. The Morgan fingerprint density at radius 2 is 1.65 bits per heavy atom. The number of carbonyl (C=O) groups is 2. The molecule has 0 unspecified atom stereocenters. The lowest BCUT2D eigenvalue weighted by Crippen LogP contribution is -2.47.